The van der Waals surface area contributed by atoms with Crippen LogP contribution in [0.2, 0.25) is 0 Å². The maximum atomic E-state index is 5.67. The van der Waals surface area contributed by atoms with Crippen LogP contribution in [-0.2, 0) is 0 Å². The molecule has 0 aromatic heterocycles. The van der Waals surface area contributed by atoms with Crippen molar-refractivity contribution in [2.24, 2.45) is 4.99 Å². The topological polar surface area (TPSA) is 12.4 Å². The zero-order chi connectivity index (χ0) is 8.97. The highest BCUT2D eigenvalue weighted by molar-refractivity contribution is 6.64. The first-order valence-corrected chi connectivity index (χ1v) is 4.33. The summed E-state index contributed by atoms with van der Waals surface area (Å²) in [5.41, 5.74) is 1.19. The number of benzene rings is 1. The Hall–Kier alpha value is -0.820. The zero-order valence-corrected chi connectivity index (χ0v) is 8.05. The number of halogens is 1. The molecule has 1 rings (SSSR count). The molecule has 0 spiro atoms. The first kappa shape index (κ1) is 9.27. The van der Waals surface area contributed by atoms with E-state index >= 15 is 0 Å². The van der Waals surface area contributed by atoms with Gasteiger partial charge in [0.05, 0.1) is 11.2 Å². The third kappa shape index (κ3) is 2.67. The summed E-state index contributed by atoms with van der Waals surface area (Å²) in [6.45, 7) is 3.82. The van der Waals surface area contributed by atoms with E-state index in [-0.39, 0.29) is 6.04 Å². The molecule has 1 unspecified atom stereocenters. The number of rotatable bonds is 2. The Labute approximate surface area is 78.1 Å². The van der Waals surface area contributed by atoms with Gasteiger partial charge >= 0.3 is 0 Å². The van der Waals surface area contributed by atoms with E-state index in [1.165, 1.54) is 5.56 Å². The van der Waals surface area contributed by atoms with Gasteiger partial charge in [-0.2, -0.15) is 0 Å². The van der Waals surface area contributed by atoms with Gasteiger partial charge in [0.25, 0.3) is 0 Å². The lowest BCUT2D eigenvalue weighted by atomic mass is 10.1. The van der Waals surface area contributed by atoms with Crippen molar-refractivity contribution in [3.05, 3.63) is 35.9 Å². The van der Waals surface area contributed by atoms with Crippen LogP contribution in [0.1, 0.15) is 25.5 Å². The van der Waals surface area contributed by atoms with Crippen molar-refractivity contribution < 1.29 is 0 Å². The highest BCUT2D eigenvalue weighted by Crippen LogP contribution is 2.16. The van der Waals surface area contributed by atoms with E-state index in [2.05, 4.69) is 4.99 Å². The van der Waals surface area contributed by atoms with E-state index in [0.29, 0.717) is 5.17 Å². The molecule has 1 atom stereocenters. The van der Waals surface area contributed by atoms with Crippen LogP contribution in [0.15, 0.2) is 35.3 Å². The second-order valence-corrected chi connectivity index (χ2v) is 3.26. The van der Waals surface area contributed by atoms with Crippen LogP contribution in [0.3, 0.4) is 0 Å². The van der Waals surface area contributed by atoms with E-state index in [4.69, 9.17) is 11.6 Å². The van der Waals surface area contributed by atoms with Crippen LogP contribution in [-0.4, -0.2) is 5.17 Å². The minimum Gasteiger partial charge on any atom is -0.270 e. The van der Waals surface area contributed by atoms with Crippen LogP contribution in [0.5, 0.6) is 0 Å². The summed E-state index contributed by atoms with van der Waals surface area (Å²) in [5, 5.41) is 0.603. The number of aliphatic imine (C=N–C) groups is 1. The minimum absolute atomic E-state index is 0.156. The van der Waals surface area contributed by atoms with E-state index in [0.717, 1.165) is 0 Å². The molecule has 1 nitrogen and oxygen atoms in total. The van der Waals surface area contributed by atoms with E-state index < -0.39 is 0 Å². The molecule has 0 saturated heterocycles. The molecular formula is C10H12ClN. The largest absolute Gasteiger partial charge is 0.270 e. The summed E-state index contributed by atoms with van der Waals surface area (Å²) >= 11 is 5.67. The van der Waals surface area contributed by atoms with Crippen molar-refractivity contribution >= 4 is 16.8 Å². The molecule has 0 heterocycles. The van der Waals surface area contributed by atoms with E-state index in [1.54, 1.807) is 6.92 Å². The lowest BCUT2D eigenvalue weighted by molar-refractivity contribution is 0.822. The van der Waals surface area contributed by atoms with Crippen LogP contribution >= 0.6 is 11.6 Å². The summed E-state index contributed by atoms with van der Waals surface area (Å²) in [6.07, 6.45) is 0. The van der Waals surface area contributed by atoms with Gasteiger partial charge in [-0.1, -0.05) is 41.9 Å². The van der Waals surface area contributed by atoms with Crippen molar-refractivity contribution in [1.82, 2.24) is 0 Å². The van der Waals surface area contributed by atoms with Crippen molar-refractivity contribution in [3.8, 4) is 0 Å². The summed E-state index contributed by atoms with van der Waals surface area (Å²) in [4.78, 5) is 4.23. The minimum atomic E-state index is 0.156. The predicted molar refractivity (Wildman–Crippen MR) is 53.8 cm³/mol. The first-order chi connectivity index (χ1) is 5.70. The molecule has 64 valence electrons. The van der Waals surface area contributed by atoms with Crippen molar-refractivity contribution in [2.75, 3.05) is 0 Å². The third-order valence-corrected chi connectivity index (χ3v) is 1.75. The Kier molecular flexibility index (Phi) is 3.30. The van der Waals surface area contributed by atoms with Crippen LogP contribution in [0.4, 0.5) is 0 Å². The normalized spacial score (nSPS) is 14.4. The predicted octanol–water partition coefficient (Wildman–Crippen LogP) is 3.40. The van der Waals surface area contributed by atoms with Crippen molar-refractivity contribution in [3.63, 3.8) is 0 Å². The lowest BCUT2D eigenvalue weighted by Gasteiger charge is -2.05. The number of hydrogen-bond acceptors (Lipinski definition) is 1. The second kappa shape index (κ2) is 4.27. The molecular weight excluding hydrogens is 170 g/mol. The fraction of sp³-hybridized carbons (Fsp3) is 0.300. The molecule has 12 heavy (non-hydrogen) atoms. The first-order valence-electron chi connectivity index (χ1n) is 3.95. The molecule has 0 bridgehead atoms. The van der Waals surface area contributed by atoms with E-state index in [9.17, 15) is 0 Å². The fourth-order valence-electron chi connectivity index (χ4n) is 1.07. The van der Waals surface area contributed by atoms with Gasteiger partial charge in [-0.15, -0.1) is 0 Å². The molecule has 0 saturated carbocycles. The van der Waals surface area contributed by atoms with Crippen molar-refractivity contribution in [1.29, 1.82) is 0 Å². The quantitative estimate of drug-likeness (QED) is 0.621. The second-order valence-electron chi connectivity index (χ2n) is 2.71. The number of hydrogen-bond donors (Lipinski definition) is 0. The Morgan fingerprint density at radius 2 is 1.92 bits per heavy atom. The molecule has 0 aliphatic carbocycles. The maximum Gasteiger partial charge on any atom is 0.0979 e. The monoisotopic (exact) mass is 181 g/mol. The molecule has 1 aromatic carbocycles. The van der Waals surface area contributed by atoms with Crippen LogP contribution < -0.4 is 0 Å². The van der Waals surface area contributed by atoms with Gasteiger partial charge in [0, 0.05) is 0 Å². The van der Waals surface area contributed by atoms with Gasteiger partial charge in [0.1, 0.15) is 0 Å². The van der Waals surface area contributed by atoms with Crippen LogP contribution in [0, 0.1) is 0 Å². The Morgan fingerprint density at radius 1 is 1.33 bits per heavy atom. The van der Waals surface area contributed by atoms with Gasteiger partial charge in [0.15, 0.2) is 0 Å². The van der Waals surface area contributed by atoms with Crippen LogP contribution in [0.25, 0.3) is 0 Å². The van der Waals surface area contributed by atoms with E-state index in [1.807, 2.05) is 37.3 Å². The summed E-state index contributed by atoms with van der Waals surface area (Å²) in [6, 6.07) is 10.3. The van der Waals surface area contributed by atoms with Gasteiger partial charge in [-0.25, -0.2) is 0 Å². The fourth-order valence-corrected chi connectivity index (χ4v) is 1.22. The average Bonchev–Trinajstić information content (AvgIpc) is 2.05. The Morgan fingerprint density at radius 3 is 2.42 bits per heavy atom. The lowest BCUT2D eigenvalue weighted by Crippen LogP contribution is -1.90. The summed E-state index contributed by atoms with van der Waals surface area (Å²) < 4.78 is 0. The number of nitrogens with zero attached hydrogens (tertiary/aromatic N) is 1. The standard InChI is InChI=1S/C10H12ClN/c1-8(12-9(2)11)10-6-4-3-5-7-10/h3-8H,1-2H3. The molecule has 0 N–H and O–H groups in total. The van der Waals surface area contributed by atoms with Crippen molar-refractivity contribution in [2.45, 2.75) is 19.9 Å². The van der Waals surface area contributed by atoms with Gasteiger partial charge in [-0.05, 0) is 19.4 Å². The highest BCUT2D eigenvalue weighted by atomic mass is 35.5. The SMILES string of the molecule is CC(Cl)=NC(C)c1ccccc1. The molecule has 0 aliphatic rings. The summed E-state index contributed by atoms with van der Waals surface area (Å²) in [7, 11) is 0. The maximum absolute atomic E-state index is 5.67. The Bertz CT molecular complexity index is 262. The molecule has 1 aromatic rings. The molecule has 2 heteroatoms. The molecule has 0 amide bonds. The Balaban J connectivity index is 2.79. The summed E-state index contributed by atoms with van der Waals surface area (Å²) in [5.74, 6) is 0. The smallest absolute Gasteiger partial charge is 0.0979 e. The van der Waals surface area contributed by atoms with Gasteiger partial charge in [-0.3, -0.25) is 4.99 Å². The average molecular weight is 182 g/mol. The third-order valence-electron chi connectivity index (χ3n) is 1.65. The molecule has 0 radical (unpaired) electrons. The van der Waals surface area contributed by atoms with Gasteiger partial charge < -0.3 is 0 Å². The molecule has 0 aliphatic heterocycles. The highest BCUT2D eigenvalue weighted by Gasteiger charge is 2.00. The molecule has 0 fully saturated rings. The zero-order valence-electron chi connectivity index (χ0n) is 7.29. The van der Waals surface area contributed by atoms with Gasteiger partial charge in [0.2, 0.25) is 0 Å².